The fourth-order valence-corrected chi connectivity index (χ4v) is 1.83. The van der Waals surface area contributed by atoms with Crippen molar-refractivity contribution in [2.45, 2.75) is 64.4 Å². The molecule has 0 spiro atoms. The van der Waals surface area contributed by atoms with Crippen LogP contribution in [0.1, 0.15) is 58.3 Å². The summed E-state index contributed by atoms with van der Waals surface area (Å²) < 4.78 is 5.78. The zero-order valence-electron chi connectivity index (χ0n) is 9.73. The first-order valence-electron chi connectivity index (χ1n) is 5.93. The van der Waals surface area contributed by atoms with Gasteiger partial charge in [0.25, 0.3) is 0 Å². The summed E-state index contributed by atoms with van der Waals surface area (Å²) in [5.74, 6) is 1.81. The van der Waals surface area contributed by atoms with Crippen LogP contribution < -0.4 is 0 Å². The van der Waals surface area contributed by atoms with E-state index in [1.165, 1.54) is 51.4 Å². The molecule has 0 saturated heterocycles. The fourth-order valence-electron chi connectivity index (χ4n) is 1.83. The Labute approximate surface area is 97.7 Å². The summed E-state index contributed by atoms with van der Waals surface area (Å²) in [5, 5.41) is 0. The van der Waals surface area contributed by atoms with Gasteiger partial charge in [-0.05, 0) is 25.1 Å². The van der Waals surface area contributed by atoms with Crippen LogP contribution in [0.3, 0.4) is 0 Å². The van der Waals surface area contributed by atoms with Crippen molar-refractivity contribution < 1.29 is 4.74 Å². The summed E-state index contributed by atoms with van der Waals surface area (Å²) in [6.07, 6.45) is 11.3. The predicted octanol–water partition coefficient (Wildman–Crippen LogP) is 4.54. The van der Waals surface area contributed by atoms with Crippen molar-refractivity contribution in [1.82, 2.24) is 0 Å². The lowest BCUT2D eigenvalue weighted by Gasteiger charge is -2.21. The zero-order valence-corrected chi connectivity index (χ0v) is 11.3. The third kappa shape index (κ3) is 7.81. The lowest BCUT2D eigenvalue weighted by atomic mass is 9.98. The Kier molecular flexibility index (Phi) is 11.9. The van der Waals surface area contributed by atoms with Gasteiger partial charge in [-0.15, -0.1) is 0 Å². The van der Waals surface area contributed by atoms with Gasteiger partial charge < -0.3 is 4.74 Å². The molecule has 0 heterocycles. The van der Waals surface area contributed by atoms with Gasteiger partial charge in [0.15, 0.2) is 0 Å². The molecule has 0 bridgehead atoms. The van der Waals surface area contributed by atoms with E-state index in [1.54, 1.807) is 0 Å². The van der Waals surface area contributed by atoms with Gasteiger partial charge in [-0.1, -0.05) is 55.0 Å². The summed E-state index contributed by atoms with van der Waals surface area (Å²) >= 11 is 2.94. The Morgan fingerprint density at radius 1 is 1.07 bits per heavy atom. The molecular weight excluding hydrogens is 240 g/mol. The van der Waals surface area contributed by atoms with Gasteiger partial charge in [0.2, 0.25) is 0 Å². The van der Waals surface area contributed by atoms with E-state index in [0.717, 1.165) is 6.61 Å². The van der Waals surface area contributed by atoms with Gasteiger partial charge in [-0.25, -0.2) is 0 Å². The second-order valence-corrected chi connectivity index (χ2v) is 3.84. The van der Waals surface area contributed by atoms with Crippen LogP contribution in [0.4, 0.5) is 0 Å². The van der Waals surface area contributed by atoms with E-state index in [2.05, 4.69) is 22.9 Å². The van der Waals surface area contributed by atoms with Gasteiger partial charge in [0, 0.05) is 6.61 Å². The Hall–Kier alpha value is 0.440. The fraction of sp³-hybridized carbons (Fsp3) is 1.00. The van der Waals surface area contributed by atoms with Crippen molar-refractivity contribution in [2.24, 2.45) is 0 Å². The Morgan fingerprint density at radius 2 is 1.71 bits per heavy atom. The second-order valence-electron chi connectivity index (χ2n) is 3.84. The Bertz CT molecular complexity index is 100. The van der Waals surface area contributed by atoms with Crippen LogP contribution in [0.2, 0.25) is 0 Å². The van der Waals surface area contributed by atoms with Crippen molar-refractivity contribution in [3.05, 3.63) is 0 Å². The molecule has 86 valence electrons. The molecule has 14 heavy (non-hydrogen) atoms. The molecule has 0 aromatic heterocycles. The molecule has 0 atom stereocenters. The van der Waals surface area contributed by atoms with Crippen molar-refractivity contribution in [3.63, 3.8) is 0 Å². The summed E-state index contributed by atoms with van der Waals surface area (Å²) in [6.45, 7) is 3.24. The van der Waals surface area contributed by atoms with Gasteiger partial charge >= 0.3 is 0 Å². The Balaban J connectivity index is 0.000000791. The van der Waals surface area contributed by atoms with Gasteiger partial charge in [-0.2, -0.15) is 0 Å². The second kappa shape index (κ2) is 11.5. The van der Waals surface area contributed by atoms with E-state index in [1.807, 2.05) is 5.83 Å². The number of alkyl halides is 1. The quantitative estimate of drug-likeness (QED) is 0.524. The lowest BCUT2D eigenvalue weighted by Crippen LogP contribution is -2.17. The van der Waals surface area contributed by atoms with E-state index in [9.17, 15) is 0 Å². The topological polar surface area (TPSA) is 9.23 Å². The van der Waals surface area contributed by atoms with E-state index in [0.29, 0.717) is 6.10 Å². The molecule has 0 unspecified atom stereocenters. The predicted molar refractivity (Wildman–Crippen MR) is 67.2 cm³/mol. The number of hydrogen-bond donors (Lipinski definition) is 0. The molecule has 0 N–H and O–H groups in total. The normalized spacial score (nSPS) is 17.4. The van der Waals surface area contributed by atoms with Crippen LogP contribution in [0.5, 0.6) is 0 Å². The molecule has 0 amide bonds. The highest BCUT2D eigenvalue weighted by atomic mass is 79.9. The van der Waals surface area contributed by atoms with Crippen LogP contribution in [0.15, 0.2) is 0 Å². The molecule has 1 aliphatic rings. The molecule has 0 aromatic rings. The summed E-state index contributed by atoms with van der Waals surface area (Å²) in [7, 11) is 0. The molecule has 1 saturated carbocycles. The molecule has 1 aliphatic carbocycles. The minimum absolute atomic E-state index is 0.607. The third-order valence-corrected chi connectivity index (χ3v) is 2.65. The minimum Gasteiger partial charge on any atom is -0.378 e. The van der Waals surface area contributed by atoms with Gasteiger partial charge in [-0.3, -0.25) is 0 Å². The molecule has 1 nitrogen and oxygen atoms in total. The molecule has 2 heteroatoms. The number of unbranched alkanes of at least 4 members (excludes halogenated alkanes) is 2. The maximum absolute atomic E-state index is 5.78. The number of halogens is 1. The molecular formula is C12H25BrO. The van der Waals surface area contributed by atoms with Crippen LogP contribution >= 0.6 is 15.9 Å². The van der Waals surface area contributed by atoms with Gasteiger partial charge in [0.05, 0.1) is 6.10 Å². The summed E-state index contributed by atoms with van der Waals surface area (Å²) in [4.78, 5) is 0. The monoisotopic (exact) mass is 264 g/mol. The minimum atomic E-state index is 0.607. The number of rotatable bonds is 5. The first-order valence-corrected chi connectivity index (χ1v) is 7.51. The van der Waals surface area contributed by atoms with Crippen LogP contribution in [-0.4, -0.2) is 18.5 Å². The largest absolute Gasteiger partial charge is 0.378 e. The number of ether oxygens (including phenoxy) is 1. The Morgan fingerprint density at radius 3 is 2.29 bits per heavy atom. The van der Waals surface area contributed by atoms with Crippen LogP contribution in [0.25, 0.3) is 0 Å². The maximum atomic E-state index is 5.78. The van der Waals surface area contributed by atoms with E-state index < -0.39 is 0 Å². The van der Waals surface area contributed by atoms with Crippen LogP contribution in [-0.2, 0) is 4.74 Å². The first kappa shape index (κ1) is 14.4. The van der Waals surface area contributed by atoms with Crippen molar-refractivity contribution in [2.75, 3.05) is 12.4 Å². The molecule has 1 rings (SSSR count). The van der Waals surface area contributed by atoms with Crippen molar-refractivity contribution in [1.29, 1.82) is 0 Å². The molecule has 0 aliphatic heterocycles. The molecule has 0 radical (unpaired) electrons. The van der Waals surface area contributed by atoms with Crippen LogP contribution in [0, 0.1) is 0 Å². The lowest BCUT2D eigenvalue weighted by molar-refractivity contribution is 0.0264. The maximum Gasteiger partial charge on any atom is 0.0575 e. The van der Waals surface area contributed by atoms with E-state index >= 15 is 0 Å². The third-order valence-electron chi connectivity index (χ3n) is 2.65. The smallest absolute Gasteiger partial charge is 0.0575 e. The zero-order chi connectivity index (χ0) is 10.6. The van der Waals surface area contributed by atoms with Gasteiger partial charge in [0.1, 0.15) is 0 Å². The molecule has 1 fully saturated rings. The highest BCUT2D eigenvalue weighted by Gasteiger charge is 2.12. The van der Waals surface area contributed by atoms with E-state index in [4.69, 9.17) is 4.74 Å². The van der Waals surface area contributed by atoms with E-state index in [-0.39, 0.29) is 0 Å². The number of hydrogen-bond acceptors (Lipinski definition) is 1. The van der Waals surface area contributed by atoms with Crippen molar-refractivity contribution in [3.8, 4) is 0 Å². The molecule has 0 aromatic carbocycles. The van der Waals surface area contributed by atoms with Crippen molar-refractivity contribution >= 4 is 15.9 Å². The highest BCUT2D eigenvalue weighted by molar-refractivity contribution is 9.08. The SMILES string of the molecule is CBr.CCCCCOC1CCCCC1. The average Bonchev–Trinajstić information content (AvgIpc) is 2.29. The highest BCUT2D eigenvalue weighted by Crippen LogP contribution is 2.20. The summed E-state index contributed by atoms with van der Waals surface area (Å²) in [6, 6.07) is 0. The standard InChI is InChI=1S/C11H22O.CH3Br/c1-2-3-7-10-12-11-8-5-4-6-9-11;1-2/h11H,2-10H2,1H3;1H3. The average molecular weight is 265 g/mol. The summed E-state index contributed by atoms with van der Waals surface area (Å²) in [5.41, 5.74) is 0. The first-order chi connectivity index (χ1) is 6.93.